The highest BCUT2D eigenvalue weighted by Gasteiger charge is 2.13. The van der Waals surface area contributed by atoms with Crippen LogP contribution in [0.2, 0.25) is 0 Å². The van der Waals surface area contributed by atoms with E-state index >= 15 is 0 Å². The lowest BCUT2D eigenvalue weighted by Gasteiger charge is -2.08. The first-order valence-electron chi connectivity index (χ1n) is 8.65. The summed E-state index contributed by atoms with van der Waals surface area (Å²) in [5.41, 5.74) is 1.70. The van der Waals surface area contributed by atoms with Gasteiger partial charge in [-0.05, 0) is 23.8 Å². The van der Waals surface area contributed by atoms with E-state index in [1.807, 2.05) is 18.2 Å². The number of hydrogen-bond acceptors (Lipinski definition) is 6. The van der Waals surface area contributed by atoms with Gasteiger partial charge in [0.25, 0.3) is 5.91 Å². The van der Waals surface area contributed by atoms with Crippen LogP contribution >= 0.6 is 0 Å². The molecule has 1 amide bonds. The zero-order chi connectivity index (χ0) is 19.3. The summed E-state index contributed by atoms with van der Waals surface area (Å²) in [6.07, 6.45) is 2.84. The molecule has 1 aromatic heterocycles. The first kappa shape index (κ1) is 17.7. The summed E-state index contributed by atoms with van der Waals surface area (Å²) in [5.74, 6) is 1.10. The molecule has 3 aromatic rings. The van der Waals surface area contributed by atoms with Gasteiger partial charge in [-0.1, -0.05) is 24.3 Å². The highest BCUT2D eigenvalue weighted by Crippen LogP contribution is 2.32. The lowest BCUT2D eigenvalue weighted by Crippen LogP contribution is -2.23. The molecule has 0 spiro atoms. The van der Waals surface area contributed by atoms with Crippen LogP contribution in [0, 0.1) is 5.82 Å². The van der Waals surface area contributed by atoms with Gasteiger partial charge in [0.1, 0.15) is 5.82 Å². The predicted octanol–water partition coefficient (Wildman–Crippen LogP) is 2.89. The van der Waals surface area contributed by atoms with E-state index in [4.69, 9.17) is 9.47 Å². The van der Waals surface area contributed by atoms with Gasteiger partial charge in [-0.25, -0.2) is 14.4 Å². The number of fused-ring (bicyclic) bond motifs is 1. The molecule has 0 atom stereocenters. The number of carbonyl (C=O) groups excluding carboxylic acids is 1. The second-order valence-electron chi connectivity index (χ2n) is 6.11. The Balaban J connectivity index is 1.32. The van der Waals surface area contributed by atoms with Crippen molar-refractivity contribution < 1.29 is 18.7 Å². The molecule has 0 saturated heterocycles. The average molecular weight is 380 g/mol. The van der Waals surface area contributed by atoms with Crippen molar-refractivity contribution in [3.8, 4) is 11.5 Å². The van der Waals surface area contributed by atoms with E-state index in [0.717, 1.165) is 11.3 Å². The molecule has 0 saturated carbocycles. The van der Waals surface area contributed by atoms with Crippen molar-refractivity contribution >= 4 is 11.9 Å². The largest absolute Gasteiger partial charge is 0.454 e. The molecule has 0 radical (unpaired) electrons. The fourth-order valence-corrected chi connectivity index (χ4v) is 2.69. The third kappa shape index (κ3) is 4.01. The molecule has 28 heavy (non-hydrogen) atoms. The van der Waals surface area contributed by atoms with Crippen LogP contribution in [0.5, 0.6) is 11.5 Å². The summed E-state index contributed by atoms with van der Waals surface area (Å²) >= 11 is 0. The number of nitrogens with zero attached hydrogens (tertiary/aromatic N) is 2. The summed E-state index contributed by atoms with van der Waals surface area (Å²) in [6, 6.07) is 12.0. The Morgan fingerprint density at radius 2 is 1.82 bits per heavy atom. The normalized spacial score (nSPS) is 11.9. The molecular formula is C20H17FN4O3. The monoisotopic (exact) mass is 380 g/mol. The third-order valence-electron chi connectivity index (χ3n) is 4.20. The van der Waals surface area contributed by atoms with Crippen molar-refractivity contribution in [1.29, 1.82) is 0 Å². The minimum absolute atomic E-state index is 0.0929. The van der Waals surface area contributed by atoms with Crippen LogP contribution in [0.15, 0.2) is 54.9 Å². The fourth-order valence-electron chi connectivity index (χ4n) is 2.69. The van der Waals surface area contributed by atoms with Crippen molar-refractivity contribution in [2.75, 3.05) is 12.1 Å². The maximum absolute atomic E-state index is 13.6. The van der Waals surface area contributed by atoms with Crippen LogP contribution in [0.25, 0.3) is 0 Å². The first-order chi connectivity index (χ1) is 13.7. The molecule has 8 heteroatoms. The highest BCUT2D eigenvalue weighted by molar-refractivity contribution is 5.93. The number of benzene rings is 2. The van der Waals surface area contributed by atoms with E-state index in [2.05, 4.69) is 20.6 Å². The summed E-state index contributed by atoms with van der Waals surface area (Å²) in [7, 11) is 0. The van der Waals surface area contributed by atoms with Crippen LogP contribution in [-0.2, 0) is 13.1 Å². The van der Waals surface area contributed by atoms with E-state index in [9.17, 15) is 9.18 Å². The van der Waals surface area contributed by atoms with Gasteiger partial charge in [0.05, 0.1) is 5.56 Å². The Morgan fingerprint density at radius 3 is 2.64 bits per heavy atom. The number of carbonyl (C=O) groups is 1. The Bertz CT molecular complexity index is 995. The van der Waals surface area contributed by atoms with Crippen LogP contribution in [0.3, 0.4) is 0 Å². The van der Waals surface area contributed by atoms with Gasteiger partial charge in [-0.2, -0.15) is 0 Å². The quantitative estimate of drug-likeness (QED) is 0.684. The third-order valence-corrected chi connectivity index (χ3v) is 4.20. The van der Waals surface area contributed by atoms with Gasteiger partial charge in [0.15, 0.2) is 11.5 Å². The number of ether oxygens (including phenoxy) is 2. The molecule has 7 nitrogen and oxygen atoms in total. The highest BCUT2D eigenvalue weighted by atomic mass is 19.1. The number of rotatable bonds is 6. The average Bonchev–Trinajstić information content (AvgIpc) is 3.20. The Labute approximate surface area is 160 Å². The smallest absolute Gasteiger partial charge is 0.254 e. The van der Waals surface area contributed by atoms with Crippen LogP contribution < -0.4 is 20.1 Å². The van der Waals surface area contributed by atoms with Gasteiger partial charge in [-0.3, -0.25) is 4.79 Å². The number of aromatic nitrogens is 2. The number of hydrogen-bond donors (Lipinski definition) is 2. The van der Waals surface area contributed by atoms with E-state index in [1.165, 1.54) is 18.5 Å². The number of halogens is 1. The molecule has 0 bridgehead atoms. The van der Waals surface area contributed by atoms with E-state index in [-0.39, 0.29) is 25.1 Å². The number of nitrogens with one attached hydrogen (secondary N) is 2. The molecule has 142 valence electrons. The zero-order valence-electron chi connectivity index (χ0n) is 14.8. The summed E-state index contributed by atoms with van der Waals surface area (Å²) in [6.45, 7) is 0.820. The van der Waals surface area contributed by atoms with Gasteiger partial charge in [-0.15, -0.1) is 0 Å². The molecule has 2 heterocycles. The molecule has 4 rings (SSSR count). The maximum Gasteiger partial charge on any atom is 0.254 e. The van der Waals surface area contributed by atoms with Crippen molar-refractivity contribution in [3.05, 3.63) is 77.4 Å². The predicted molar refractivity (Wildman–Crippen MR) is 99.5 cm³/mol. The molecule has 0 fully saturated rings. The van der Waals surface area contributed by atoms with Crippen LogP contribution in [-0.4, -0.2) is 22.7 Å². The van der Waals surface area contributed by atoms with Gasteiger partial charge in [0.2, 0.25) is 12.7 Å². The zero-order valence-corrected chi connectivity index (χ0v) is 14.8. The van der Waals surface area contributed by atoms with Crippen LogP contribution in [0.4, 0.5) is 10.3 Å². The Kier molecular flexibility index (Phi) is 5.01. The van der Waals surface area contributed by atoms with Crippen molar-refractivity contribution in [3.63, 3.8) is 0 Å². The first-order valence-corrected chi connectivity index (χ1v) is 8.65. The fraction of sp³-hybridized carbons (Fsp3) is 0.150. The van der Waals surface area contributed by atoms with Gasteiger partial charge >= 0.3 is 0 Å². The molecule has 0 aliphatic carbocycles. The Hall–Kier alpha value is -3.68. The Morgan fingerprint density at radius 1 is 1.04 bits per heavy atom. The summed E-state index contributed by atoms with van der Waals surface area (Å²) < 4.78 is 24.2. The second kappa shape index (κ2) is 7.91. The second-order valence-corrected chi connectivity index (χ2v) is 6.11. The number of amides is 1. The van der Waals surface area contributed by atoms with Crippen molar-refractivity contribution in [1.82, 2.24) is 15.3 Å². The minimum Gasteiger partial charge on any atom is -0.454 e. The van der Waals surface area contributed by atoms with Gasteiger partial charge in [0, 0.05) is 31.0 Å². The molecule has 1 aliphatic rings. The molecule has 2 aromatic carbocycles. The van der Waals surface area contributed by atoms with E-state index in [0.29, 0.717) is 29.4 Å². The lowest BCUT2D eigenvalue weighted by molar-refractivity contribution is 0.0950. The van der Waals surface area contributed by atoms with Crippen molar-refractivity contribution in [2.24, 2.45) is 0 Å². The van der Waals surface area contributed by atoms with Gasteiger partial charge < -0.3 is 20.1 Å². The van der Waals surface area contributed by atoms with E-state index in [1.54, 1.807) is 18.2 Å². The summed E-state index contributed by atoms with van der Waals surface area (Å²) in [4.78, 5) is 20.5. The van der Waals surface area contributed by atoms with Crippen molar-refractivity contribution in [2.45, 2.75) is 13.1 Å². The van der Waals surface area contributed by atoms with Crippen LogP contribution in [0.1, 0.15) is 21.5 Å². The molecule has 2 N–H and O–H groups in total. The maximum atomic E-state index is 13.6. The molecular weight excluding hydrogens is 363 g/mol. The molecule has 1 aliphatic heterocycles. The topological polar surface area (TPSA) is 85.4 Å². The SMILES string of the molecule is O=C(NCc1ccccc1F)c1cnc(NCc2ccc3c(c2)OCO3)nc1. The lowest BCUT2D eigenvalue weighted by atomic mass is 10.2. The van der Waals surface area contributed by atoms with E-state index < -0.39 is 0 Å². The minimum atomic E-state index is -0.370. The standard InChI is InChI=1S/C20H17FN4O3/c21-16-4-2-1-3-14(16)9-22-19(26)15-10-24-20(25-11-15)23-8-13-5-6-17-18(7-13)28-12-27-17/h1-7,10-11H,8-9,12H2,(H,22,26)(H,23,24,25). The molecule has 0 unspecified atom stereocenters. The summed E-state index contributed by atoms with van der Waals surface area (Å²) in [5, 5.41) is 5.74. The number of anilines is 1.